The Balaban J connectivity index is 0.000000572. The van der Waals surface area contributed by atoms with Crippen LogP contribution < -0.4 is 4.74 Å². The molecule has 36 heavy (non-hydrogen) atoms. The van der Waals surface area contributed by atoms with Crippen molar-refractivity contribution in [1.29, 1.82) is 0 Å². The Hall–Kier alpha value is -3.09. The van der Waals surface area contributed by atoms with Gasteiger partial charge in [0.15, 0.2) is 11.4 Å². The average Bonchev–Trinajstić information content (AvgIpc) is 2.81. The maximum Gasteiger partial charge on any atom is 0.490 e. The zero-order valence-corrected chi connectivity index (χ0v) is 20.6. The number of aromatic carboxylic acids is 1. The Morgan fingerprint density at radius 2 is 1.58 bits per heavy atom. The predicted octanol–water partition coefficient (Wildman–Crippen LogP) is 4.68. The SMILES string of the molecule is CC(C)N1CCN(C(=O)c2ccc(Oc3ccc(Cl)c(Cl)c3)c(C(=O)O)n2)CC1.O=C(O)C(F)(F)F. The second kappa shape index (κ2) is 12.2. The molecule has 3 rings (SSSR count). The summed E-state index contributed by atoms with van der Waals surface area (Å²) in [6, 6.07) is 7.90. The lowest BCUT2D eigenvalue weighted by Gasteiger charge is -2.36. The van der Waals surface area contributed by atoms with Crippen LogP contribution in [0, 0.1) is 0 Å². The molecular formula is C22H22Cl2F3N3O6. The first-order valence-electron chi connectivity index (χ1n) is 10.4. The third-order valence-corrected chi connectivity index (χ3v) is 5.71. The molecule has 0 spiro atoms. The molecular weight excluding hydrogens is 530 g/mol. The molecule has 1 amide bonds. The van der Waals surface area contributed by atoms with Gasteiger partial charge in [-0.15, -0.1) is 0 Å². The smallest absolute Gasteiger partial charge is 0.476 e. The van der Waals surface area contributed by atoms with Gasteiger partial charge in [-0.2, -0.15) is 13.2 Å². The minimum absolute atomic E-state index is 0.0112. The molecule has 1 aromatic carbocycles. The van der Waals surface area contributed by atoms with Gasteiger partial charge < -0.3 is 19.8 Å². The summed E-state index contributed by atoms with van der Waals surface area (Å²) in [6.45, 7) is 6.92. The molecule has 0 radical (unpaired) electrons. The molecule has 1 saturated heterocycles. The molecule has 1 fully saturated rings. The van der Waals surface area contributed by atoms with Gasteiger partial charge in [-0.05, 0) is 38.1 Å². The second-order valence-corrected chi connectivity index (χ2v) is 8.57. The molecule has 1 aromatic heterocycles. The van der Waals surface area contributed by atoms with Crippen LogP contribution in [0.4, 0.5) is 13.2 Å². The molecule has 196 valence electrons. The van der Waals surface area contributed by atoms with Crippen LogP contribution in [0.3, 0.4) is 0 Å². The standard InChI is InChI=1S/C20H21Cl2N3O4.C2HF3O2/c1-12(2)24-7-9-25(10-8-24)19(26)16-5-6-17(18(23-16)20(27)28)29-13-3-4-14(21)15(22)11-13;3-2(4,5)1(6)7/h3-6,11-12H,7-10H2,1-2H3,(H,27,28);(H,6,7). The summed E-state index contributed by atoms with van der Waals surface area (Å²) in [4.78, 5) is 41.4. The molecule has 1 aliphatic rings. The van der Waals surface area contributed by atoms with E-state index in [-0.39, 0.29) is 28.1 Å². The van der Waals surface area contributed by atoms with E-state index >= 15 is 0 Å². The van der Waals surface area contributed by atoms with Gasteiger partial charge in [-0.25, -0.2) is 14.6 Å². The molecule has 2 heterocycles. The molecule has 0 bridgehead atoms. The molecule has 0 atom stereocenters. The largest absolute Gasteiger partial charge is 0.490 e. The Labute approximate surface area is 214 Å². The highest BCUT2D eigenvalue weighted by molar-refractivity contribution is 6.42. The van der Waals surface area contributed by atoms with Gasteiger partial charge in [0.1, 0.15) is 11.4 Å². The summed E-state index contributed by atoms with van der Waals surface area (Å²) in [6.07, 6.45) is -5.08. The number of halogens is 5. The van der Waals surface area contributed by atoms with Crippen molar-refractivity contribution < 1.29 is 42.5 Å². The number of ether oxygens (including phenoxy) is 1. The van der Waals surface area contributed by atoms with Crippen LogP contribution in [0.5, 0.6) is 11.5 Å². The fraction of sp³-hybridized carbons (Fsp3) is 0.364. The van der Waals surface area contributed by atoms with Crippen molar-refractivity contribution in [1.82, 2.24) is 14.8 Å². The first-order valence-corrected chi connectivity index (χ1v) is 11.2. The number of aliphatic carboxylic acids is 1. The van der Waals surface area contributed by atoms with Crippen molar-refractivity contribution in [2.45, 2.75) is 26.1 Å². The van der Waals surface area contributed by atoms with Crippen LogP contribution in [0.2, 0.25) is 10.0 Å². The monoisotopic (exact) mass is 551 g/mol. The minimum Gasteiger partial charge on any atom is -0.476 e. The van der Waals surface area contributed by atoms with E-state index in [4.69, 9.17) is 37.8 Å². The van der Waals surface area contributed by atoms with Crippen molar-refractivity contribution in [3.8, 4) is 11.5 Å². The zero-order valence-electron chi connectivity index (χ0n) is 19.1. The lowest BCUT2D eigenvalue weighted by Crippen LogP contribution is -2.50. The number of carbonyl (C=O) groups is 3. The maximum absolute atomic E-state index is 12.8. The first kappa shape index (κ1) is 29.1. The average molecular weight is 552 g/mol. The number of carbonyl (C=O) groups excluding carboxylic acids is 1. The summed E-state index contributed by atoms with van der Waals surface area (Å²) in [5.74, 6) is -4.02. The number of aromatic nitrogens is 1. The van der Waals surface area contributed by atoms with Crippen LogP contribution in [-0.2, 0) is 4.79 Å². The van der Waals surface area contributed by atoms with E-state index in [2.05, 4.69) is 23.7 Å². The van der Waals surface area contributed by atoms with Gasteiger partial charge >= 0.3 is 18.1 Å². The summed E-state index contributed by atoms with van der Waals surface area (Å²) in [7, 11) is 0. The number of rotatable bonds is 5. The van der Waals surface area contributed by atoms with Crippen molar-refractivity contribution in [2.24, 2.45) is 0 Å². The van der Waals surface area contributed by atoms with Gasteiger partial charge in [0, 0.05) is 38.3 Å². The second-order valence-electron chi connectivity index (χ2n) is 7.75. The van der Waals surface area contributed by atoms with Crippen LogP contribution in [0.15, 0.2) is 30.3 Å². The molecule has 0 unspecified atom stereocenters. The van der Waals surface area contributed by atoms with Gasteiger partial charge in [0.05, 0.1) is 10.0 Å². The number of hydrogen-bond donors (Lipinski definition) is 2. The van der Waals surface area contributed by atoms with Gasteiger partial charge in [0.2, 0.25) is 0 Å². The predicted molar refractivity (Wildman–Crippen MR) is 124 cm³/mol. The Morgan fingerprint density at radius 3 is 2.06 bits per heavy atom. The fourth-order valence-electron chi connectivity index (χ4n) is 3.07. The molecule has 2 aromatic rings. The number of amides is 1. The van der Waals surface area contributed by atoms with Gasteiger partial charge in [0.25, 0.3) is 5.91 Å². The zero-order chi connectivity index (χ0) is 27.2. The number of carboxylic acids is 2. The Bertz CT molecular complexity index is 1120. The van der Waals surface area contributed by atoms with E-state index in [9.17, 15) is 27.9 Å². The van der Waals surface area contributed by atoms with Crippen molar-refractivity contribution in [3.05, 3.63) is 51.8 Å². The molecule has 9 nitrogen and oxygen atoms in total. The minimum atomic E-state index is -5.08. The quantitative estimate of drug-likeness (QED) is 0.549. The highest BCUT2D eigenvalue weighted by Crippen LogP contribution is 2.31. The molecule has 0 saturated carbocycles. The maximum atomic E-state index is 12.8. The highest BCUT2D eigenvalue weighted by atomic mass is 35.5. The van der Waals surface area contributed by atoms with E-state index in [1.165, 1.54) is 18.2 Å². The molecule has 0 aliphatic carbocycles. The van der Waals surface area contributed by atoms with Crippen LogP contribution in [0.25, 0.3) is 0 Å². The highest BCUT2D eigenvalue weighted by Gasteiger charge is 2.38. The summed E-state index contributed by atoms with van der Waals surface area (Å²) in [5, 5.41) is 17.3. The summed E-state index contributed by atoms with van der Waals surface area (Å²) >= 11 is 11.8. The third-order valence-electron chi connectivity index (χ3n) is 4.97. The number of piperazine rings is 1. The molecule has 2 N–H and O–H groups in total. The van der Waals surface area contributed by atoms with Crippen molar-refractivity contribution >= 4 is 41.0 Å². The fourth-order valence-corrected chi connectivity index (χ4v) is 3.36. The van der Waals surface area contributed by atoms with E-state index < -0.39 is 18.1 Å². The number of nitrogens with zero attached hydrogens (tertiary/aromatic N) is 3. The van der Waals surface area contributed by atoms with Crippen LogP contribution in [0.1, 0.15) is 34.8 Å². The topological polar surface area (TPSA) is 120 Å². The first-order chi connectivity index (χ1) is 16.7. The third kappa shape index (κ3) is 7.97. The van der Waals surface area contributed by atoms with Crippen LogP contribution in [-0.4, -0.2) is 81.2 Å². The Kier molecular flexibility index (Phi) is 9.91. The lowest BCUT2D eigenvalue weighted by atomic mass is 10.2. The number of alkyl halides is 3. The number of carboxylic acid groups (broad SMARTS) is 2. The summed E-state index contributed by atoms with van der Waals surface area (Å²) < 4.78 is 37.3. The van der Waals surface area contributed by atoms with E-state index in [1.54, 1.807) is 17.0 Å². The van der Waals surface area contributed by atoms with E-state index in [0.717, 1.165) is 13.1 Å². The molecule has 1 aliphatic heterocycles. The van der Waals surface area contributed by atoms with E-state index in [0.29, 0.717) is 29.9 Å². The normalized spacial score (nSPS) is 14.2. The van der Waals surface area contributed by atoms with Gasteiger partial charge in [-0.3, -0.25) is 9.69 Å². The number of pyridine rings is 1. The molecule has 14 heteroatoms. The number of hydrogen-bond acceptors (Lipinski definition) is 6. The number of benzene rings is 1. The van der Waals surface area contributed by atoms with Crippen molar-refractivity contribution in [2.75, 3.05) is 26.2 Å². The summed E-state index contributed by atoms with van der Waals surface area (Å²) in [5.41, 5.74) is -0.273. The van der Waals surface area contributed by atoms with Crippen molar-refractivity contribution in [3.63, 3.8) is 0 Å². The van der Waals surface area contributed by atoms with Crippen LogP contribution >= 0.6 is 23.2 Å². The lowest BCUT2D eigenvalue weighted by molar-refractivity contribution is -0.192. The van der Waals surface area contributed by atoms with E-state index in [1.807, 2.05) is 0 Å². The Morgan fingerprint density at radius 1 is 1.00 bits per heavy atom. The van der Waals surface area contributed by atoms with Gasteiger partial charge in [-0.1, -0.05) is 23.2 Å².